The maximum absolute atomic E-state index is 14.8. The Balaban J connectivity index is 1.62. The predicted molar refractivity (Wildman–Crippen MR) is 131 cm³/mol. The third-order valence-electron chi connectivity index (χ3n) is 6.52. The van der Waals surface area contributed by atoms with Gasteiger partial charge in [0.15, 0.2) is 5.82 Å². The van der Waals surface area contributed by atoms with E-state index in [4.69, 9.17) is 15.2 Å². The summed E-state index contributed by atoms with van der Waals surface area (Å²) in [5, 5.41) is 6.41. The lowest BCUT2D eigenvalue weighted by molar-refractivity contribution is -0.136. The number of alkyl halides is 4. The minimum atomic E-state index is -4.76. The summed E-state index contributed by atoms with van der Waals surface area (Å²) in [4.78, 5) is 34.4. The molecule has 2 amide bonds. The number of rotatable bonds is 6. The molecule has 1 aliphatic rings. The number of ether oxygens (including phenoxy) is 2. The van der Waals surface area contributed by atoms with Crippen molar-refractivity contribution < 1.29 is 36.6 Å². The van der Waals surface area contributed by atoms with E-state index in [2.05, 4.69) is 20.4 Å². The maximum atomic E-state index is 14.8. The summed E-state index contributed by atoms with van der Waals surface area (Å²) in [5.41, 5.74) is 4.04. The molecule has 0 saturated carbocycles. The summed E-state index contributed by atoms with van der Waals surface area (Å²) in [7, 11) is 1.25. The molecule has 1 aliphatic heterocycles. The average Bonchev–Trinajstić information content (AvgIpc) is 3.45. The smallest absolute Gasteiger partial charge is 0.418 e. The fraction of sp³-hybridized carbons (Fsp3) is 0.458. The maximum Gasteiger partial charge on any atom is 0.418 e. The molecule has 0 bridgehead atoms. The van der Waals surface area contributed by atoms with Crippen LogP contribution >= 0.6 is 0 Å². The summed E-state index contributed by atoms with van der Waals surface area (Å²) < 4.78 is 67.4. The predicted octanol–water partition coefficient (Wildman–Crippen LogP) is 3.33. The number of fused-ring (bicyclic) bond motifs is 1. The molecule has 1 unspecified atom stereocenters. The normalized spacial score (nSPS) is 18.4. The van der Waals surface area contributed by atoms with Gasteiger partial charge in [-0.2, -0.15) is 18.3 Å². The number of pyridine rings is 1. The highest BCUT2D eigenvalue weighted by molar-refractivity contribution is 5.98. The van der Waals surface area contributed by atoms with E-state index >= 15 is 0 Å². The number of likely N-dealkylation sites (tertiary alicyclic amines) is 1. The summed E-state index contributed by atoms with van der Waals surface area (Å²) in [6.45, 7) is 5.06. The van der Waals surface area contributed by atoms with Gasteiger partial charge in [-0.1, -0.05) is 13.8 Å². The van der Waals surface area contributed by atoms with Gasteiger partial charge in [-0.25, -0.2) is 23.7 Å². The molecular formula is C24H27F4N7O4. The molecule has 15 heteroatoms. The van der Waals surface area contributed by atoms with E-state index in [1.807, 2.05) is 13.8 Å². The Morgan fingerprint density at radius 1 is 1.18 bits per heavy atom. The van der Waals surface area contributed by atoms with Crippen LogP contribution in [0, 0.1) is 5.92 Å². The third kappa shape index (κ3) is 5.52. The second kappa shape index (κ2) is 10.5. The topological polar surface area (TPSA) is 137 Å². The lowest BCUT2D eigenvalue weighted by Crippen LogP contribution is -2.42. The summed E-state index contributed by atoms with van der Waals surface area (Å²) in [6, 6.07) is 1.01. The molecule has 3 atom stereocenters. The number of nitrogens with one attached hydrogen (secondary N) is 1. The Labute approximate surface area is 220 Å². The zero-order valence-electron chi connectivity index (χ0n) is 21.5. The summed E-state index contributed by atoms with van der Waals surface area (Å²) in [6.07, 6.45) is -5.22. The Kier molecular flexibility index (Phi) is 7.52. The SMILES string of the molecule is COc1ncc(-c2cc(C(F)(F)F)c3c(N)ncnn23)cc1C(=O)N[C@@H]1CN(C(=O)OC(C)C(C)C)C[C@@H]1F. The van der Waals surface area contributed by atoms with Gasteiger partial charge in [0.25, 0.3) is 5.91 Å². The van der Waals surface area contributed by atoms with Gasteiger partial charge in [-0.05, 0) is 25.0 Å². The van der Waals surface area contributed by atoms with Gasteiger partial charge in [0.2, 0.25) is 5.88 Å². The van der Waals surface area contributed by atoms with Gasteiger partial charge < -0.3 is 25.4 Å². The third-order valence-corrected chi connectivity index (χ3v) is 6.52. The fourth-order valence-electron chi connectivity index (χ4n) is 4.07. The number of carbonyl (C=O) groups excluding carboxylic acids is 2. The van der Waals surface area contributed by atoms with Gasteiger partial charge in [-0.3, -0.25) is 4.79 Å². The number of nitrogens with zero attached hydrogens (tertiary/aromatic N) is 5. The van der Waals surface area contributed by atoms with Crippen LogP contribution in [0.2, 0.25) is 0 Å². The van der Waals surface area contributed by atoms with Crippen LogP contribution in [-0.2, 0) is 10.9 Å². The van der Waals surface area contributed by atoms with Crippen molar-refractivity contribution in [1.29, 1.82) is 0 Å². The lowest BCUT2D eigenvalue weighted by atomic mass is 10.1. The molecule has 0 aliphatic carbocycles. The van der Waals surface area contributed by atoms with Crippen LogP contribution in [-0.4, -0.2) is 75.0 Å². The molecule has 1 fully saturated rings. The molecule has 3 aromatic rings. The monoisotopic (exact) mass is 553 g/mol. The van der Waals surface area contributed by atoms with Crippen molar-refractivity contribution in [3.05, 3.63) is 35.8 Å². The summed E-state index contributed by atoms with van der Waals surface area (Å²) >= 11 is 0. The number of halogens is 4. The molecule has 4 rings (SSSR count). The van der Waals surface area contributed by atoms with E-state index in [9.17, 15) is 27.2 Å². The van der Waals surface area contributed by atoms with Crippen molar-refractivity contribution >= 4 is 23.3 Å². The number of aromatic nitrogens is 4. The molecule has 11 nitrogen and oxygen atoms in total. The Morgan fingerprint density at radius 2 is 1.90 bits per heavy atom. The Morgan fingerprint density at radius 3 is 2.54 bits per heavy atom. The van der Waals surface area contributed by atoms with E-state index in [1.54, 1.807) is 6.92 Å². The van der Waals surface area contributed by atoms with E-state index < -0.39 is 41.5 Å². The quantitative estimate of drug-likeness (QED) is 0.444. The van der Waals surface area contributed by atoms with Crippen molar-refractivity contribution in [3.8, 4) is 17.1 Å². The van der Waals surface area contributed by atoms with E-state index in [0.29, 0.717) is 0 Å². The molecule has 210 valence electrons. The number of amides is 2. The second-order valence-corrected chi connectivity index (χ2v) is 9.46. The van der Waals surface area contributed by atoms with Crippen LogP contribution in [0.4, 0.5) is 28.2 Å². The highest BCUT2D eigenvalue weighted by Gasteiger charge is 2.39. The number of hydrogen-bond acceptors (Lipinski definition) is 8. The first-order valence-electron chi connectivity index (χ1n) is 12.0. The van der Waals surface area contributed by atoms with Crippen LogP contribution in [0.5, 0.6) is 5.88 Å². The lowest BCUT2D eigenvalue weighted by Gasteiger charge is -2.22. The number of methoxy groups -OCH3 is 1. The fourth-order valence-corrected chi connectivity index (χ4v) is 4.07. The first kappa shape index (κ1) is 27.9. The van der Waals surface area contributed by atoms with Crippen LogP contribution in [0.3, 0.4) is 0 Å². The Hall–Kier alpha value is -4.17. The van der Waals surface area contributed by atoms with Crippen molar-refractivity contribution in [1.82, 2.24) is 29.8 Å². The minimum Gasteiger partial charge on any atom is -0.480 e. The van der Waals surface area contributed by atoms with Gasteiger partial charge in [0, 0.05) is 18.3 Å². The molecular weight excluding hydrogens is 526 g/mol. The van der Waals surface area contributed by atoms with Gasteiger partial charge in [-0.15, -0.1) is 0 Å². The van der Waals surface area contributed by atoms with Gasteiger partial charge in [0.05, 0.1) is 31.0 Å². The van der Waals surface area contributed by atoms with Crippen molar-refractivity contribution in [3.63, 3.8) is 0 Å². The average molecular weight is 554 g/mol. The summed E-state index contributed by atoms with van der Waals surface area (Å²) in [5.74, 6) is -1.26. The number of nitrogens with two attached hydrogens (primary N) is 1. The van der Waals surface area contributed by atoms with Crippen LogP contribution < -0.4 is 15.8 Å². The van der Waals surface area contributed by atoms with Gasteiger partial charge in [0.1, 0.15) is 29.7 Å². The van der Waals surface area contributed by atoms with E-state index in [-0.39, 0.29) is 53.6 Å². The molecule has 1 saturated heterocycles. The largest absolute Gasteiger partial charge is 0.480 e. The van der Waals surface area contributed by atoms with Crippen LogP contribution in [0.1, 0.15) is 36.7 Å². The molecule has 4 heterocycles. The number of nitrogen functional groups attached to an aromatic ring is 1. The standard InChI is InChI=1S/C24H27F4N7O4/c1-11(2)12(3)39-23(37)34-8-16(25)17(9-34)33-21(36)14-5-13(7-30-22(14)38-4)18-6-15(24(26,27)28)19-20(29)31-10-32-35(18)19/h5-7,10-12,16-17H,8-9H2,1-4H3,(H,33,36)(H2,29,31,32)/t12?,16-,17+/m0/s1. The first-order chi connectivity index (χ1) is 18.3. The van der Waals surface area contributed by atoms with Crippen molar-refractivity contribution in [2.24, 2.45) is 5.92 Å². The zero-order valence-corrected chi connectivity index (χ0v) is 21.5. The molecule has 0 radical (unpaired) electrons. The number of hydrogen-bond donors (Lipinski definition) is 2. The number of anilines is 1. The molecule has 0 spiro atoms. The van der Waals surface area contributed by atoms with Crippen LogP contribution in [0.15, 0.2) is 24.7 Å². The molecule has 3 aromatic heterocycles. The second-order valence-electron chi connectivity index (χ2n) is 9.46. The van der Waals surface area contributed by atoms with Crippen LogP contribution in [0.25, 0.3) is 16.8 Å². The Bertz CT molecular complexity index is 1390. The molecule has 3 N–H and O–H groups in total. The molecule has 0 aromatic carbocycles. The van der Waals surface area contributed by atoms with Crippen molar-refractivity contribution in [2.45, 2.75) is 45.3 Å². The highest BCUT2D eigenvalue weighted by Crippen LogP contribution is 2.39. The van der Waals surface area contributed by atoms with Gasteiger partial charge >= 0.3 is 12.3 Å². The molecule has 39 heavy (non-hydrogen) atoms. The first-order valence-corrected chi connectivity index (χ1v) is 12.0. The van der Waals surface area contributed by atoms with Crippen molar-refractivity contribution in [2.75, 3.05) is 25.9 Å². The minimum absolute atomic E-state index is 0.0620. The van der Waals surface area contributed by atoms with E-state index in [1.165, 1.54) is 19.4 Å². The number of carbonyl (C=O) groups is 2. The zero-order chi connectivity index (χ0) is 28.6. The van der Waals surface area contributed by atoms with E-state index in [0.717, 1.165) is 21.8 Å². The highest BCUT2D eigenvalue weighted by atomic mass is 19.4.